The fourth-order valence-electron chi connectivity index (χ4n) is 3.49. The molecule has 1 aliphatic heterocycles. The first kappa shape index (κ1) is 21.5. The molecule has 0 atom stereocenters. The predicted molar refractivity (Wildman–Crippen MR) is 119 cm³/mol. The maximum atomic E-state index is 11.5. The summed E-state index contributed by atoms with van der Waals surface area (Å²) in [5.74, 6) is 7.59. The largest absolute Gasteiger partial charge is 0.466 e. The highest BCUT2D eigenvalue weighted by Gasteiger charge is 2.28. The summed E-state index contributed by atoms with van der Waals surface area (Å²) in [6, 6.07) is 8.54. The number of aryl methyl sites for hydroxylation is 2. The molecule has 29 heavy (non-hydrogen) atoms. The molecule has 0 fully saturated rings. The molecular weight excluding hydrogens is 378 g/mol. The number of carbonyl (C=O) groups is 1. The summed E-state index contributed by atoms with van der Waals surface area (Å²) in [5.41, 5.74) is 5.78. The number of rotatable bonds is 5. The Morgan fingerprint density at radius 1 is 1.24 bits per heavy atom. The van der Waals surface area contributed by atoms with E-state index in [-0.39, 0.29) is 11.4 Å². The van der Waals surface area contributed by atoms with Gasteiger partial charge in [-0.25, -0.2) is 4.98 Å². The fourth-order valence-corrected chi connectivity index (χ4v) is 5.04. The molecule has 0 N–H and O–H groups in total. The van der Waals surface area contributed by atoms with E-state index in [4.69, 9.17) is 4.74 Å². The first-order chi connectivity index (χ1) is 13.9. The Morgan fingerprint density at radius 2 is 2.07 bits per heavy atom. The highest BCUT2D eigenvalue weighted by molar-refractivity contribution is 7.99. The SMILES string of the molecule is CCOC(=O)CCc1ccc(C#Cc2cc3c(cc2CC)SCCC3(C)C)nc1. The van der Waals surface area contributed by atoms with Crippen LogP contribution in [-0.4, -0.2) is 23.3 Å². The first-order valence-corrected chi connectivity index (χ1v) is 11.3. The van der Waals surface area contributed by atoms with Crippen LogP contribution in [0.15, 0.2) is 35.4 Å². The van der Waals surface area contributed by atoms with E-state index in [1.807, 2.05) is 30.8 Å². The van der Waals surface area contributed by atoms with Crippen LogP contribution in [0.1, 0.15) is 68.5 Å². The molecule has 0 bridgehead atoms. The molecule has 0 amide bonds. The van der Waals surface area contributed by atoms with Crippen molar-refractivity contribution < 1.29 is 9.53 Å². The monoisotopic (exact) mass is 407 g/mol. The van der Waals surface area contributed by atoms with Gasteiger partial charge in [-0.05, 0) is 78.2 Å². The van der Waals surface area contributed by atoms with Crippen LogP contribution < -0.4 is 0 Å². The van der Waals surface area contributed by atoms with Gasteiger partial charge in [-0.15, -0.1) is 11.8 Å². The minimum Gasteiger partial charge on any atom is -0.466 e. The summed E-state index contributed by atoms with van der Waals surface area (Å²) in [6.07, 6.45) is 4.98. The van der Waals surface area contributed by atoms with E-state index in [0.29, 0.717) is 19.4 Å². The number of benzene rings is 1. The van der Waals surface area contributed by atoms with Crippen LogP contribution in [0.4, 0.5) is 0 Å². The molecule has 0 saturated heterocycles. The number of hydrogen-bond donors (Lipinski definition) is 0. The Kier molecular flexibility index (Phi) is 7.03. The Labute approximate surface area is 178 Å². The van der Waals surface area contributed by atoms with E-state index in [1.165, 1.54) is 28.2 Å². The molecule has 4 heteroatoms. The Hall–Kier alpha value is -2.25. The molecule has 3 rings (SSSR count). The molecule has 1 aliphatic rings. The lowest BCUT2D eigenvalue weighted by atomic mass is 9.80. The Bertz CT molecular complexity index is 936. The van der Waals surface area contributed by atoms with Crippen molar-refractivity contribution in [1.82, 2.24) is 4.98 Å². The average molecular weight is 408 g/mol. The zero-order valence-corrected chi connectivity index (χ0v) is 18.6. The quantitative estimate of drug-likeness (QED) is 0.497. The minimum atomic E-state index is -0.169. The lowest BCUT2D eigenvalue weighted by molar-refractivity contribution is -0.143. The molecule has 0 saturated carbocycles. The molecule has 2 heterocycles. The third kappa shape index (κ3) is 5.42. The van der Waals surface area contributed by atoms with Crippen molar-refractivity contribution in [3.8, 4) is 11.8 Å². The molecule has 0 unspecified atom stereocenters. The summed E-state index contributed by atoms with van der Waals surface area (Å²) in [5, 5.41) is 0. The number of esters is 1. The van der Waals surface area contributed by atoms with Crippen LogP contribution in [0.3, 0.4) is 0 Å². The first-order valence-electron chi connectivity index (χ1n) is 10.4. The van der Waals surface area contributed by atoms with Crippen molar-refractivity contribution in [3.05, 3.63) is 58.4 Å². The maximum Gasteiger partial charge on any atom is 0.306 e. The highest BCUT2D eigenvalue weighted by atomic mass is 32.2. The number of pyridine rings is 1. The van der Waals surface area contributed by atoms with Gasteiger partial charge in [0.15, 0.2) is 0 Å². The summed E-state index contributed by atoms with van der Waals surface area (Å²) in [4.78, 5) is 17.4. The molecule has 0 radical (unpaired) electrons. The number of ether oxygens (including phenoxy) is 1. The number of carbonyl (C=O) groups excluding carboxylic acids is 1. The number of aromatic nitrogens is 1. The van der Waals surface area contributed by atoms with Crippen molar-refractivity contribution >= 4 is 17.7 Å². The zero-order chi connectivity index (χ0) is 20.9. The maximum absolute atomic E-state index is 11.5. The summed E-state index contributed by atoms with van der Waals surface area (Å²) in [7, 11) is 0. The van der Waals surface area contributed by atoms with Gasteiger partial charge in [0.2, 0.25) is 0 Å². The van der Waals surface area contributed by atoms with Gasteiger partial charge in [0.05, 0.1) is 6.61 Å². The molecule has 1 aromatic heterocycles. The van der Waals surface area contributed by atoms with Gasteiger partial charge in [0.1, 0.15) is 5.69 Å². The van der Waals surface area contributed by atoms with Gasteiger partial charge in [0, 0.05) is 23.1 Å². The van der Waals surface area contributed by atoms with E-state index in [1.54, 1.807) is 6.20 Å². The molecule has 2 aromatic rings. The van der Waals surface area contributed by atoms with Crippen molar-refractivity contribution in [3.63, 3.8) is 0 Å². The third-order valence-corrected chi connectivity index (χ3v) is 6.43. The van der Waals surface area contributed by atoms with Gasteiger partial charge in [-0.2, -0.15) is 0 Å². The lowest BCUT2D eigenvalue weighted by Gasteiger charge is -2.32. The van der Waals surface area contributed by atoms with Gasteiger partial charge in [-0.1, -0.05) is 32.8 Å². The van der Waals surface area contributed by atoms with E-state index in [9.17, 15) is 4.79 Å². The van der Waals surface area contributed by atoms with Crippen molar-refractivity contribution in [2.24, 2.45) is 0 Å². The second-order valence-electron chi connectivity index (χ2n) is 7.95. The van der Waals surface area contributed by atoms with E-state index >= 15 is 0 Å². The second-order valence-corrected chi connectivity index (χ2v) is 9.08. The number of thioether (sulfide) groups is 1. The molecular formula is C25H29NO2S. The van der Waals surface area contributed by atoms with Crippen LogP contribution in [-0.2, 0) is 27.8 Å². The van der Waals surface area contributed by atoms with E-state index in [2.05, 4.69) is 49.7 Å². The van der Waals surface area contributed by atoms with Gasteiger partial charge in [-0.3, -0.25) is 4.79 Å². The van der Waals surface area contributed by atoms with Crippen LogP contribution in [0.25, 0.3) is 0 Å². The number of fused-ring (bicyclic) bond motifs is 1. The molecule has 0 aliphatic carbocycles. The molecule has 0 spiro atoms. The highest BCUT2D eigenvalue weighted by Crippen LogP contribution is 2.42. The Morgan fingerprint density at radius 3 is 2.76 bits per heavy atom. The smallest absolute Gasteiger partial charge is 0.306 e. The van der Waals surface area contributed by atoms with Crippen molar-refractivity contribution in [1.29, 1.82) is 0 Å². The van der Waals surface area contributed by atoms with Crippen LogP contribution in [0.5, 0.6) is 0 Å². The van der Waals surface area contributed by atoms with E-state index < -0.39 is 0 Å². The number of hydrogen-bond acceptors (Lipinski definition) is 4. The van der Waals surface area contributed by atoms with Crippen LogP contribution >= 0.6 is 11.8 Å². The molecule has 3 nitrogen and oxygen atoms in total. The van der Waals surface area contributed by atoms with Gasteiger partial charge >= 0.3 is 5.97 Å². The predicted octanol–water partition coefficient (Wildman–Crippen LogP) is 5.31. The number of nitrogens with zero attached hydrogens (tertiary/aromatic N) is 1. The topological polar surface area (TPSA) is 39.2 Å². The normalized spacial score (nSPS) is 14.5. The fraction of sp³-hybridized carbons (Fsp3) is 0.440. The minimum absolute atomic E-state index is 0.169. The second kappa shape index (κ2) is 9.50. The van der Waals surface area contributed by atoms with Crippen molar-refractivity contribution in [2.45, 2.75) is 63.7 Å². The molecule has 152 valence electrons. The Balaban J connectivity index is 1.78. The zero-order valence-electron chi connectivity index (χ0n) is 17.8. The van der Waals surface area contributed by atoms with Crippen LogP contribution in [0.2, 0.25) is 0 Å². The summed E-state index contributed by atoms with van der Waals surface area (Å²) < 4.78 is 4.97. The van der Waals surface area contributed by atoms with E-state index in [0.717, 1.165) is 23.2 Å². The third-order valence-electron chi connectivity index (χ3n) is 5.37. The average Bonchev–Trinajstić information content (AvgIpc) is 2.71. The molecule has 1 aromatic carbocycles. The van der Waals surface area contributed by atoms with Gasteiger partial charge in [0.25, 0.3) is 0 Å². The lowest BCUT2D eigenvalue weighted by Crippen LogP contribution is -2.23. The van der Waals surface area contributed by atoms with Crippen LogP contribution in [0, 0.1) is 11.8 Å². The summed E-state index contributed by atoms with van der Waals surface area (Å²) in [6.45, 7) is 9.07. The van der Waals surface area contributed by atoms with Gasteiger partial charge < -0.3 is 4.74 Å². The summed E-state index contributed by atoms with van der Waals surface area (Å²) >= 11 is 1.96. The van der Waals surface area contributed by atoms with Crippen molar-refractivity contribution in [2.75, 3.05) is 12.4 Å². The standard InChI is InChI=1S/C25H29NO2S/c1-5-19-16-23-22(25(3,4)13-14-29-23)15-20(19)9-11-21-10-7-18(17-26-21)8-12-24(27)28-6-2/h7,10,15-17H,5-6,8,12-14H2,1-4H3.